The number of thiophene rings is 1. The number of ketones is 1. The van der Waals surface area contributed by atoms with E-state index in [1.807, 2.05) is 0 Å². The van der Waals surface area contributed by atoms with E-state index in [1.165, 1.54) is 23.3 Å². The smallest absolute Gasteiger partial charge is 0.305 e. The number of nitrogens with zero attached hydrogens (tertiary/aromatic N) is 1. The highest BCUT2D eigenvalue weighted by atomic mass is 32.1. The molecular weight excluding hydrogens is 254 g/mol. The summed E-state index contributed by atoms with van der Waals surface area (Å²) in [5.74, 6) is -0.703. The van der Waals surface area contributed by atoms with Crippen LogP contribution in [0.15, 0.2) is 11.4 Å². The Bertz CT molecular complexity index is 464. The molecule has 18 heavy (non-hydrogen) atoms. The molecule has 0 fully saturated rings. The van der Waals surface area contributed by atoms with E-state index in [2.05, 4.69) is 4.74 Å². The van der Waals surface area contributed by atoms with E-state index in [0.29, 0.717) is 10.4 Å². The summed E-state index contributed by atoms with van der Waals surface area (Å²) in [6.07, 6.45) is 0.160. The van der Waals surface area contributed by atoms with Gasteiger partial charge in [-0.1, -0.05) is 0 Å². The first-order valence-corrected chi connectivity index (χ1v) is 6.24. The molecule has 0 atom stereocenters. The lowest BCUT2D eigenvalue weighted by molar-refractivity contribution is -0.140. The number of amides is 1. The first-order chi connectivity index (χ1) is 8.45. The molecule has 0 aliphatic carbocycles. The lowest BCUT2D eigenvalue weighted by Gasteiger charge is -2.07. The third-order valence-corrected chi connectivity index (χ3v) is 3.28. The summed E-state index contributed by atoms with van der Waals surface area (Å²) in [5, 5.41) is 1.65. The van der Waals surface area contributed by atoms with Crippen LogP contribution in [0.4, 0.5) is 0 Å². The van der Waals surface area contributed by atoms with Crippen LogP contribution in [0.25, 0.3) is 0 Å². The largest absolute Gasteiger partial charge is 0.469 e. The molecule has 0 saturated carbocycles. The number of ether oxygens (including phenoxy) is 1. The number of Topliss-reactive ketones (excluding diaryl/α,β-unsaturated/α-hetero) is 1. The second-order valence-corrected chi connectivity index (χ2v) is 4.81. The third kappa shape index (κ3) is 3.66. The molecule has 1 aromatic rings. The molecule has 0 bridgehead atoms. The van der Waals surface area contributed by atoms with Gasteiger partial charge in [-0.2, -0.15) is 0 Å². The van der Waals surface area contributed by atoms with Gasteiger partial charge in [-0.15, -0.1) is 11.3 Å². The van der Waals surface area contributed by atoms with Gasteiger partial charge in [0.1, 0.15) is 0 Å². The van der Waals surface area contributed by atoms with Gasteiger partial charge in [0.2, 0.25) is 0 Å². The zero-order valence-corrected chi connectivity index (χ0v) is 11.4. The zero-order valence-electron chi connectivity index (χ0n) is 10.6. The minimum absolute atomic E-state index is 0.0597. The standard InChI is InChI=1S/C12H15NO4S/c1-13(2)12(16)8-6-10(18-7-8)9(14)4-5-11(15)17-3/h6-7H,4-5H2,1-3H3. The maximum absolute atomic E-state index is 11.7. The average molecular weight is 269 g/mol. The van der Waals surface area contributed by atoms with E-state index < -0.39 is 5.97 Å². The molecule has 1 rings (SSSR count). The summed E-state index contributed by atoms with van der Waals surface area (Å²) >= 11 is 1.21. The molecule has 1 amide bonds. The molecule has 0 aliphatic rings. The molecular formula is C12H15NO4S. The molecule has 1 aromatic heterocycles. The van der Waals surface area contributed by atoms with Crippen LogP contribution in [0.2, 0.25) is 0 Å². The molecule has 6 heteroatoms. The van der Waals surface area contributed by atoms with Crippen LogP contribution < -0.4 is 0 Å². The van der Waals surface area contributed by atoms with Crippen LogP contribution in [-0.4, -0.2) is 43.8 Å². The van der Waals surface area contributed by atoms with Gasteiger partial charge in [0.25, 0.3) is 5.91 Å². The molecule has 1 heterocycles. The van der Waals surface area contributed by atoms with Gasteiger partial charge in [0, 0.05) is 25.9 Å². The Morgan fingerprint density at radius 3 is 2.50 bits per heavy atom. The van der Waals surface area contributed by atoms with Crippen molar-refractivity contribution in [2.75, 3.05) is 21.2 Å². The van der Waals surface area contributed by atoms with Crippen LogP contribution in [0.1, 0.15) is 32.9 Å². The van der Waals surface area contributed by atoms with E-state index in [-0.39, 0.29) is 24.5 Å². The number of carbonyl (C=O) groups is 3. The topological polar surface area (TPSA) is 63.7 Å². The molecule has 0 saturated heterocycles. The third-order valence-electron chi connectivity index (χ3n) is 2.31. The number of hydrogen-bond acceptors (Lipinski definition) is 5. The quantitative estimate of drug-likeness (QED) is 0.601. The number of rotatable bonds is 5. The first kappa shape index (κ1) is 14.4. The van der Waals surface area contributed by atoms with Crippen molar-refractivity contribution in [2.45, 2.75) is 12.8 Å². The van der Waals surface area contributed by atoms with E-state index in [0.717, 1.165) is 0 Å². The number of hydrogen-bond donors (Lipinski definition) is 0. The maximum atomic E-state index is 11.7. The van der Waals surface area contributed by atoms with E-state index in [9.17, 15) is 14.4 Å². The molecule has 98 valence electrons. The molecule has 0 spiro atoms. The van der Waals surface area contributed by atoms with Gasteiger partial charge in [-0.3, -0.25) is 14.4 Å². The van der Waals surface area contributed by atoms with Crippen LogP contribution >= 0.6 is 11.3 Å². The predicted octanol–water partition coefficient (Wildman–Crippen LogP) is 1.59. The lowest BCUT2D eigenvalue weighted by Crippen LogP contribution is -2.20. The Labute approximate surface area is 109 Å². The van der Waals surface area contributed by atoms with Crippen molar-refractivity contribution >= 4 is 29.0 Å². The van der Waals surface area contributed by atoms with Crippen molar-refractivity contribution in [1.29, 1.82) is 0 Å². The van der Waals surface area contributed by atoms with Gasteiger partial charge in [-0.05, 0) is 6.07 Å². The molecule has 0 unspecified atom stereocenters. The average Bonchev–Trinajstić information content (AvgIpc) is 2.83. The van der Waals surface area contributed by atoms with E-state index in [4.69, 9.17) is 0 Å². The van der Waals surface area contributed by atoms with E-state index in [1.54, 1.807) is 25.5 Å². The summed E-state index contributed by atoms with van der Waals surface area (Å²) in [4.78, 5) is 36.2. The normalized spacial score (nSPS) is 9.94. The second-order valence-electron chi connectivity index (χ2n) is 3.90. The van der Waals surface area contributed by atoms with Crippen molar-refractivity contribution < 1.29 is 19.1 Å². The van der Waals surface area contributed by atoms with Gasteiger partial charge in [0.05, 0.1) is 24.0 Å². The SMILES string of the molecule is COC(=O)CCC(=O)c1cc(C(=O)N(C)C)cs1. The number of methoxy groups -OCH3 is 1. The van der Waals surface area contributed by atoms with E-state index >= 15 is 0 Å². The minimum Gasteiger partial charge on any atom is -0.469 e. The van der Waals surface area contributed by atoms with Crippen LogP contribution in [0.5, 0.6) is 0 Å². The Morgan fingerprint density at radius 1 is 1.28 bits per heavy atom. The highest BCUT2D eigenvalue weighted by Gasteiger charge is 2.15. The zero-order chi connectivity index (χ0) is 13.7. The minimum atomic E-state index is -0.413. The molecule has 0 radical (unpaired) electrons. The van der Waals surface area contributed by atoms with Gasteiger partial charge < -0.3 is 9.64 Å². The summed E-state index contributed by atoms with van der Waals surface area (Å²) in [5.41, 5.74) is 0.492. The van der Waals surface area contributed by atoms with Crippen LogP contribution in [-0.2, 0) is 9.53 Å². The summed E-state index contributed by atoms with van der Waals surface area (Å²) in [6, 6.07) is 1.56. The van der Waals surface area contributed by atoms with Crippen molar-refractivity contribution in [3.05, 3.63) is 21.9 Å². The van der Waals surface area contributed by atoms with Gasteiger partial charge in [-0.25, -0.2) is 0 Å². The van der Waals surface area contributed by atoms with Gasteiger partial charge >= 0.3 is 5.97 Å². The molecule has 5 nitrogen and oxygen atoms in total. The predicted molar refractivity (Wildman–Crippen MR) is 67.9 cm³/mol. The summed E-state index contributed by atoms with van der Waals surface area (Å²) in [6.45, 7) is 0. The fourth-order valence-electron chi connectivity index (χ4n) is 1.29. The van der Waals surface area contributed by atoms with Crippen molar-refractivity contribution in [3.63, 3.8) is 0 Å². The highest BCUT2D eigenvalue weighted by Crippen LogP contribution is 2.18. The Balaban J connectivity index is 2.65. The maximum Gasteiger partial charge on any atom is 0.305 e. The molecule has 0 aliphatic heterocycles. The number of carbonyl (C=O) groups excluding carboxylic acids is 3. The highest BCUT2D eigenvalue weighted by molar-refractivity contribution is 7.12. The Hall–Kier alpha value is -1.69. The summed E-state index contributed by atoms with van der Waals surface area (Å²) in [7, 11) is 4.59. The Morgan fingerprint density at radius 2 is 1.94 bits per heavy atom. The molecule has 0 aromatic carbocycles. The second kappa shape index (κ2) is 6.30. The van der Waals surface area contributed by atoms with Crippen molar-refractivity contribution in [1.82, 2.24) is 4.90 Å². The van der Waals surface area contributed by atoms with Crippen molar-refractivity contribution in [2.24, 2.45) is 0 Å². The lowest BCUT2D eigenvalue weighted by atomic mass is 10.1. The first-order valence-electron chi connectivity index (χ1n) is 5.36. The fraction of sp³-hybridized carbons (Fsp3) is 0.417. The molecule has 0 N–H and O–H groups in total. The van der Waals surface area contributed by atoms with Crippen molar-refractivity contribution in [3.8, 4) is 0 Å². The van der Waals surface area contributed by atoms with Crippen LogP contribution in [0.3, 0.4) is 0 Å². The van der Waals surface area contributed by atoms with Gasteiger partial charge in [0.15, 0.2) is 5.78 Å². The number of esters is 1. The fourth-order valence-corrected chi connectivity index (χ4v) is 2.14. The Kier molecular flexibility index (Phi) is 5.03. The van der Waals surface area contributed by atoms with Crippen LogP contribution in [0, 0.1) is 0 Å². The summed E-state index contributed by atoms with van der Waals surface area (Å²) < 4.78 is 4.46. The monoisotopic (exact) mass is 269 g/mol.